The van der Waals surface area contributed by atoms with Gasteiger partial charge in [-0.25, -0.2) is 8.42 Å². The molecule has 1 fully saturated rings. The van der Waals surface area contributed by atoms with E-state index >= 15 is 0 Å². The predicted molar refractivity (Wildman–Crippen MR) is 156 cm³/mol. The lowest BCUT2D eigenvalue weighted by Crippen LogP contribution is -2.68. The lowest BCUT2D eigenvalue weighted by Gasteiger charge is -2.57. The molecule has 0 aliphatic carbocycles. The average Bonchev–Trinajstić information content (AvgIpc) is 2.87. The van der Waals surface area contributed by atoms with E-state index in [0.29, 0.717) is 22.2 Å². The third-order valence-electron chi connectivity index (χ3n) is 7.74. The lowest BCUT2D eigenvalue weighted by molar-refractivity contribution is -0.143. The number of likely N-dealkylation sites (tertiary alicyclic amines) is 1. The molecule has 0 bridgehead atoms. The van der Waals surface area contributed by atoms with Crippen molar-refractivity contribution in [1.82, 2.24) is 4.90 Å². The van der Waals surface area contributed by atoms with E-state index in [9.17, 15) is 34.8 Å². The summed E-state index contributed by atoms with van der Waals surface area (Å²) in [6.07, 6.45) is -10.2. The number of nitrogens with zero attached hydrogens (tertiary/aromatic N) is 1. The molecule has 1 unspecified atom stereocenters. The van der Waals surface area contributed by atoms with E-state index in [2.05, 4.69) is 0 Å². The van der Waals surface area contributed by atoms with E-state index in [0.717, 1.165) is 11.1 Å². The summed E-state index contributed by atoms with van der Waals surface area (Å²) in [5.74, 6) is -1.67. The molecule has 43 heavy (non-hydrogen) atoms. The first kappa shape index (κ1) is 33.6. The third kappa shape index (κ3) is 7.86. The van der Waals surface area contributed by atoms with Crippen LogP contribution in [0.1, 0.15) is 47.7 Å². The van der Waals surface area contributed by atoms with Gasteiger partial charge >= 0.3 is 12.4 Å². The van der Waals surface area contributed by atoms with Crippen LogP contribution in [0.25, 0.3) is 0 Å². The number of alkyl halides is 6. The minimum absolute atomic E-state index is 0.0240. The van der Waals surface area contributed by atoms with Gasteiger partial charge in [-0.05, 0) is 65.1 Å². The van der Waals surface area contributed by atoms with Gasteiger partial charge in [0, 0.05) is 34.6 Å². The molecule has 4 nitrogen and oxygen atoms in total. The second-order valence-corrected chi connectivity index (χ2v) is 14.4. The quantitative estimate of drug-likeness (QED) is 0.235. The summed E-state index contributed by atoms with van der Waals surface area (Å²) in [7, 11) is -4.22. The van der Waals surface area contributed by atoms with Gasteiger partial charge in [-0.15, -0.1) is 0 Å². The van der Waals surface area contributed by atoms with E-state index in [-0.39, 0.29) is 31.1 Å². The second-order valence-electron chi connectivity index (χ2n) is 11.5. The molecule has 4 rings (SSSR count). The van der Waals surface area contributed by atoms with Crippen LogP contribution in [0, 0.1) is 11.3 Å². The number of hydrogen-bond acceptors (Lipinski definition) is 4. The van der Waals surface area contributed by atoms with Crippen LogP contribution in [0.5, 0.6) is 0 Å². The Balaban J connectivity index is 1.66. The van der Waals surface area contributed by atoms with E-state index in [4.69, 9.17) is 28.9 Å². The number of sulfone groups is 1. The first-order chi connectivity index (χ1) is 19.8. The highest BCUT2D eigenvalue weighted by Gasteiger charge is 2.53. The maximum absolute atomic E-state index is 13.5. The van der Waals surface area contributed by atoms with Crippen molar-refractivity contribution in [2.24, 2.45) is 17.1 Å². The Morgan fingerprint density at radius 1 is 0.814 bits per heavy atom. The first-order valence-corrected chi connectivity index (χ1v) is 15.9. The first-order valence-electron chi connectivity index (χ1n) is 13.3. The molecule has 0 amide bonds. The molecule has 0 aromatic heterocycles. The van der Waals surface area contributed by atoms with E-state index < -0.39 is 61.8 Å². The summed E-state index contributed by atoms with van der Waals surface area (Å²) in [5.41, 5.74) is 3.61. The number of halogens is 8. The van der Waals surface area contributed by atoms with Crippen LogP contribution in [0.15, 0.2) is 66.7 Å². The summed E-state index contributed by atoms with van der Waals surface area (Å²) >= 11 is 12.2. The highest BCUT2D eigenvalue weighted by Crippen LogP contribution is 2.45. The number of benzene rings is 3. The largest absolute Gasteiger partial charge is 0.416 e. The van der Waals surface area contributed by atoms with Crippen molar-refractivity contribution in [3.63, 3.8) is 0 Å². The fourth-order valence-electron chi connectivity index (χ4n) is 5.80. The molecule has 3 aromatic carbocycles. The number of hydrogen-bond donors (Lipinski definition) is 1. The summed E-state index contributed by atoms with van der Waals surface area (Å²) in [6.45, 7) is 4.11. The molecule has 1 aliphatic rings. The Labute approximate surface area is 256 Å². The molecule has 234 valence electrons. The predicted octanol–water partition coefficient (Wildman–Crippen LogP) is 8.02. The average molecular weight is 668 g/mol. The lowest BCUT2D eigenvalue weighted by atomic mass is 9.70. The molecule has 1 atom stereocenters. The Kier molecular flexibility index (Phi) is 9.55. The summed E-state index contributed by atoms with van der Waals surface area (Å²) in [5, 5.41) is 1.07. The normalized spacial score (nSPS) is 16.9. The third-order valence-corrected chi connectivity index (χ3v) is 10.0. The Hall–Kier alpha value is -2.31. The maximum Gasteiger partial charge on any atom is 0.416 e. The van der Waals surface area contributed by atoms with Crippen molar-refractivity contribution in [3.05, 3.63) is 105 Å². The molecule has 3 aromatic rings. The van der Waals surface area contributed by atoms with Gasteiger partial charge in [0.05, 0.1) is 28.7 Å². The molecule has 0 radical (unpaired) electrons. The van der Waals surface area contributed by atoms with E-state index in [1.54, 1.807) is 24.3 Å². The van der Waals surface area contributed by atoms with Crippen molar-refractivity contribution >= 4 is 33.0 Å². The van der Waals surface area contributed by atoms with Crippen LogP contribution in [0.3, 0.4) is 0 Å². The van der Waals surface area contributed by atoms with Gasteiger partial charge in [-0.3, -0.25) is 4.90 Å². The number of rotatable bonds is 9. The molecular weight excluding hydrogens is 637 g/mol. The smallest absolute Gasteiger partial charge is 0.327 e. The molecule has 2 N–H and O–H groups in total. The maximum atomic E-state index is 13.5. The van der Waals surface area contributed by atoms with Crippen molar-refractivity contribution < 1.29 is 34.8 Å². The molecule has 1 saturated heterocycles. The molecule has 0 saturated carbocycles. The molecule has 13 heteroatoms. The highest BCUT2D eigenvalue weighted by molar-refractivity contribution is 7.90. The molecule has 1 aliphatic heterocycles. The minimum atomic E-state index is -5.09. The molecular formula is C30H30Cl2F6N2O2S. The van der Waals surface area contributed by atoms with Gasteiger partial charge in [0.1, 0.15) is 0 Å². The summed E-state index contributed by atoms with van der Waals surface area (Å²) < 4.78 is 107. The van der Waals surface area contributed by atoms with E-state index in [1.807, 2.05) is 43.0 Å². The topological polar surface area (TPSA) is 63.4 Å². The monoisotopic (exact) mass is 666 g/mol. The molecule has 0 spiro atoms. The van der Waals surface area contributed by atoms with Gasteiger partial charge in [0.2, 0.25) is 0 Å². The standard InChI is InChI=1S/C30H30Cl2F6N2O2S/c1-18(2)27(39)28(17-43(41,42)14-19-11-22(29(33,34)35)13-23(12-19)30(36,37)38)15-40(16-28)26(20-3-7-24(31)8-4-20)21-5-9-25(32)10-6-21/h3-13,18,26-27H,14-17,39H2,1-2H3. The zero-order valence-corrected chi connectivity index (χ0v) is 25.5. The van der Waals surface area contributed by atoms with Crippen LogP contribution in [-0.2, 0) is 27.9 Å². The van der Waals surface area contributed by atoms with Crippen LogP contribution in [-0.4, -0.2) is 38.2 Å². The second kappa shape index (κ2) is 12.2. The van der Waals surface area contributed by atoms with Gasteiger partial charge in [-0.1, -0.05) is 61.3 Å². The van der Waals surface area contributed by atoms with Gasteiger partial charge in [0.25, 0.3) is 0 Å². The summed E-state index contributed by atoms with van der Waals surface area (Å²) in [4.78, 5) is 2.04. The van der Waals surface area contributed by atoms with Crippen LogP contribution >= 0.6 is 23.2 Å². The van der Waals surface area contributed by atoms with Crippen LogP contribution in [0.2, 0.25) is 10.0 Å². The van der Waals surface area contributed by atoms with Crippen molar-refractivity contribution in [1.29, 1.82) is 0 Å². The number of nitrogens with two attached hydrogens (primary N) is 1. The van der Waals surface area contributed by atoms with Crippen LogP contribution in [0.4, 0.5) is 26.3 Å². The Morgan fingerprint density at radius 3 is 1.60 bits per heavy atom. The van der Waals surface area contributed by atoms with Crippen molar-refractivity contribution in [3.8, 4) is 0 Å². The van der Waals surface area contributed by atoms with Gasteiger partial charge < -0.3 is 5.73 Å². The Morgan fingerprint density at radius 2 is 1.23 bits per heavy atom. The highest BCUT2D eigenvalue weighted by atomic mass is 35.5. The van der Waals surface area contributed by atoms with Gasteiger partial charge in [-0.2, -0.15) is 26.3 Å². The molecule has 1 heterocycles. The van der Waals surface area contributed by atoms with Crippen LogP contribution < -0.4 is 5.73 Å². The summed E-state index contributed by atoms with van der Waals surface area (Å²) in [6, 6.07) is 14.3. The van der Waals surface area contributed by atoms with Crippen molar-refractivity contribution in [2.75, 3.05) is 18.8 Å². The zero-order valence-electron chi connectivity index (χ0n) is 23.2. The zero-order chi connectivity index (χ0) is 32.0. The van der Waals surface area contributed by atoms with Gasteiger partial charge in [0.15, 0.2) is 9.84 Å². The minimum Gasteiger partial charge on any atom is -0.327 e. The van der Waals surface area contributed by atoms with Crippen molar-refractivity contribution in [2.45, 2.75) is 44.0 Å². The fourth-order valence-corrected chi connectivity index (χ4v) is 8.08. The SMILES string of the molecule is CC(C)C(N)C1(CS(=O)(=O)Cc2cc(C(F)(F)F)cc(C(F)(F)F)c2)CN(C(c2ccc(Cl)cc2)c2ccc(Cl)cc2)C1. The Bertz CT molecular complexity index is 1460. The fraction of sp³-hybridized carbons (Fsp3) is 0.400. The van der Waals surface area contributed by atoms with E-state index in [1.165, 1.54) is 0 Å².